The topological polar surface area (TPSA) is 49.3 Å². The minimum atomic E-state index is -4.28. The molecule has 0 radical (unpaired) electrons. The Balaban J connectivity index is 2.23. The molecule has 8 heteroatoms. The summed E-state index contributed by atoms with van der Waals surface area (Å²) >= 11 is 5.82. The highest BCUT2D eigenvalue weighted by Gasteiger charge is 2.35. The Labute approximate surface area is 112 Å². The molecule has 0 atom stereocenters. The van der Waals surface area contributed by atoms with Crippen LogP contribution in [0.25, 0.3) is 0 Å². The number of halogens is 4. The number of alkyl halides is 3. The number of aliphatic hydroxyl groups excluding tert-OH is 1. The van der Waals surface area contributed by atoms with E-state index >= 15 is 0 Å². The van der Waals surface area contributed by atoms with E-state index in [2.05, 4.69) is 9.97 Å². The molecule has 0 saturated heterocycles. The quantitative estimate of drug-likeness (QED) is 0.671. The fraction of sp³-hybridized carbons (Fsp3) is 0.455. The highest BCUT2D eigenvalue weighted by Crippen LogP contribution is 2.32. The molecule has 1 aromatic rings. The van der Waals surface area contributed by atoms with Crippen molar-refractivity contribution < 1.29 is 18.3 Å². The van der Waals surface area contributed by atoms with Crippen LogP contribution in [0.2, 0.25) is 5.15 Å². The second-order valence-electron chi connectivity index (χ2n) is 4.05. The third-order valence-electron chi connectivity index (χ3n) is 2.90. The van der Waals surface area contributed by atoms with Crippen molar-refractivity contribution in [3.8, 4) is 0 Å². The third kappa shape index (κ3) is 2.98. The Morgan fingerprint density at radius 1 is 1.37 bits per heavy atom. The second-order valence-corrected chi connectivity index (χ2v) is 4.41. The molecule has 104 valence electrons. The predicted molar refractivity (Wildman–Crippen MR) is 63.9 cm³/mol. The summed E-state index contributed by atoms with van der Waals surface area (Å²) in [6, 6.07) is 0. The largest absolute Gasteiger partial charge is 0.412 e. The summed E-state index contributed by atoms with van der Waals surface area (Å²) in [7, 11) is 0. The molecule has 1 aliphatic heterocycles. The summed E-state index contributed by atoms with van der Waals surface area (Å²) in [6.07, 6.45) is -2.05. The van der Waals surface area contributed by atoms with Crippen LogP contribution in [0.15, 0.2) is 18.0 Å². The van der Waals surface area contributed by atoms with Gasteiger partial charge in [-0.2, -0.15) is 13.2 Å². The van der Waals surface area contributed by atoms with Gasteiger partial charge in [-0.05, 0) is 6.42 Å². The highest BCUT2D eigenvalue weighted by atomic mass is 35.5. The smallest absolute Gasteiger partial charge is 0.391 e. The van der Waals surface area contributed by atoms with Crippen LogP contribution < -0.4 is 4.90 Å². The van der Waals surface area contributed by atoms with Gasteiger partial charge in [0.1, 0.15) is 17.3 Å². The third-order valence-corrected chi connectivity index (χ3v) is 3.23. The van der Waals surface area contributed by atoms with Crippen LogP contribution in [-0.2, 0) is 6.61 Å². The summed E-state index contributed by atoms with van der Waals surface area (Å²) in [5.41, 5.74) is -0.206. The zero-order chi connectivity index (χ0) is 14.0. The van der Waals surface area contributed by atoms with E-state index in [9.17, 15) is 18.3 Å². The van der Waals surface area contributed by atoms with Gasteiger partial charge in [0.2, 0.25) is 0 Å². The van der Waals surface area contributed by atoms with Gasteiger partial charge in [-0.25, -0.2) is 9.97 Å². The van der Waals surface area contributed by atoms with Crippen LogP contribution in [0, 0.1) is 0 Å². The van der Waals surface area contributed by atoms with Crippen LogP contribution in [0.4, 0.5) is 19.0 Å². The number of anilines is 1. The lowest BCUT2D eigenvalue weighted by atomic mass is 10.1. The molecule has 1 aromatic heterocycles. The molecule has 2 rings (SSSR count). The Kier molecular flexibility index (Phi) is 3.96. The van der Waals surface area contributed by atoms with Crippen molar-refractivity contribution in [1.82, 2.24) is 9.97 Å². The first-order valence-corrected chi connectivity index (χ1v) is 5.92. The molecule has 19 heavy (non-hydrogen) atoms. The van der Waals surface area contributed by atoms with E-state index in [1.165, 1.54) is 6.33 Å². The second kappa shape index (κ2) is 5.34. The molecule has 4 nitrogen and oxygen atoms in total. The average molecular weight is 294 g/mol. The SMILES string of the molecule is OCc1c(Cl)ncnc1N1CC=C(C(F)(F)F)CC1. The van der Waals surface area contributed by atoms with Crippen molar-refractivity contribution >= 4 is 17.4 Å². The predicted octanol–water partition coefficient (Wildman–Crippen LogP) is 2.32. The molecule has 0 spiro atoms. The Morgan fingerprint density at radius 3 is 2.63 bits per heavy atom. The van der Waals surface area contributed by atoms with Crippen LogP contribution in [0.5, 0.6) is 0 Å². The lowest BCUT2D eigenvalue weighted by molar-refractivity contribution is -0.0944. The zero-order valence-corrected chi connectivity index (χ0v) is 10.5. The highest BCUT2D eigenvalue weighted by molar-refractivity contribution is 6.30. The van der Waals surface area contributed by atoms with E-state index in [0.29, 0.717) is 11.4 Å². The van der Waals surface area contributed by atoms with E-state index in [0.717, 1.165) is 6.08 Å². The first-order valence-electron chi connectivity index (χ1n) is 5.55. The molecular weight excluding hydrogens is 283 g/mol. The summed E-state index contributed by atoms with van der Waals surface area (Å²) in [4.78, 5) is 9.35. The normalized spacial score (nSPS) is 16.5. The maximum absolute atomic E-state index is 12.5. The van der Waals surface area contributed by atoms with Gasteiger partial charge in [0.15, 0.2) is 0 Å². The van der Waals surface area contributed by atoms with E-state index in [1.54, 1.807) is 4.90 Å². The average Bonchev–Trinajstić information content (AvgIpc) is 2.37. The van der Waals surface area contributed by atoms with Crippen molar-refractivity contribution in [2.75, 3.05) is 18.0 Å². The van der Waals surface area contributed by atoms with Crippen molar-refractivity contribution in [1.29, 1.82) is 0 Å². The van der Waals surface area contributed by atoms with Crippen molar-refractivity contribution in [3.05, 3.63) is 28.7 Å². The molecule has 0 fully saturated rings. The number of aliphatic hydroxyl groups is 1. The van der Waals surface area contributed by atoms with Gasteiger partial charge in [0.05, 0.1) is 12.2 Å². The van der Waals surface area contributed by atoms with Gasteiger partial charge >= 0.3 is 6.18 Å². The number of nitrogens with zero attached hydrogens (tertiary/aromatic N) is 3. The number of hydrogen-bond donors (Lipinski definition) is 1. The molecule has 1 aliphatic rings. The van der Waals surface area contributed by atoms with Gasteiger partial charge in [-0.3, -0.25) is 0 Å². The van der Waals surface area contributed by atoms with E-state index in [1.807, 2.05) is 0 Å². The molecule has 0 saturated carbocycles. The van der Waals surface area contributed by atoms with Crippen molar-refractivity contribution in [2.45, 2.75) is 19.2 Å². The molecule has 0 aromatic carbocycles. The van der Waals surface area contributed by atoms with Crippen LogP contribution in [-0.4, -0.2) is 34.3 Å². The molecule has 1 N–H and O–H groups in total. The van der Waals surface area contributed by atoms with Gasteiger partial charge in [0.25, 0.3) is 0 Å². The molecule has 0 bridgehead atoms. The molecule has 0 aliphatic carbocycles. The zero-order valence-electron chi connectivity index (χ0n) is 9.78. The van der Waals surface area contributed by atoms with Crippen LogP contribution in [0.3, 0.4) is 0 Å². The van der Waals surface area contributed by atoms with Crippen molar-refractivity contribution in [2.24, 2.45) is 0 Å². The summed E-state index contributed by atoms with van der Waals surface area (Å²) < 4.78 is 37.5. The lowest BCUT2D eigenvalue weighted by Gasteiger charge is -2.29. The molecule has 2 heterocycles. The summed E-state index contributed by atoms with van der Waals surface area (Å²) in [5.74, 6) is 0.375. The Bertz CT molecular complexity index is 504. The Morgan fingerprint density at radius 2 is 2.11 bits per heavy atom. The fourth-order valence-corrected chi connectivity index (χ4v) is 2.10. The number of hydrogen-bond acceptors (Lipinski definition) is 4. The Hall–Kier alpha value is -1.34. The van der Waals surface area contributed by atoms with Crippen LogP contribution in [0.1, 0.15) is 12.0 Å². The fourth-order valence-electron chi connectivity index (χ4n) is 1.91. The van der Waals surface area contributed by atoms with Gasteiger partial charge < -0.3 is 10.0 Å². The van der Waals surface area contributed by atoms with Crippen LogP contribution >= 0.6 is 11.6 Å². The molecule has 0 amide bonds. The first-order chi connectivity index (χ1) is 8.93. The minimum absolute atomic E-state index is 0.0786. The van der Waals surface area contributed by atoms with Crippen molar-refractivity contribution in [3.63, 3.8) is 0 Å². The number of rotatable bonds is 2. The van der Waals surface area contributed by atoms with E-state index in [-0.39, 0.29) is 31.3 Å². The lowest BCUT2D eigenvalue weighted by Crippen LogP contribution is -2.33. The first kappa shape index (κ1) is 14.1. The molecule has 0 unspecified atom stereocenters. The summed E-state index contributed by atoms with van der Waals surface area (Å²) in [6.45, 7) is -0.109. The maximum atomic E-state index is 12.5. The van der Waals surface area contributed by atoms with E-state index < -0.39 is 11.7 Å². The molecular formula is C11H11ClF3N3O. The van der Waals surface area contributed by atoms with E-state index in [4.69, 9.17) is 11.6 Å². The summed E-state index contributed by atoms with van der Waals surface area (Å²) in [5, 5.41) is 9.33. The van der Waals surface area contributed by atoms with Gasteiger partial charge in [-0.1, -0.05) is 17.7 Å². The van der Waals surface area contributed by atoms with Gasteiger partial charge in [0, 0.05) is 18.7 Å². The van der Waals surface area contributed by atoms with Gasteiger partial charge in [-0.15, -0.1) is 0 Å². The monoisotopic (exact) mass is 293 g/mol. The minimum Gasteiger partial charge on any atom is -0.391 e. The number of aromatic nitrogens is 2. The standard InChI is InChI=1S/C11H11ClF3N3O/c12-9-8(5-19)10(17-6-16-9)18-3-1-7(2-4-18)11(13,14)15/h1,6,19H,2-5H2. The maximum Gasteiger partial charge on any atom is 0.412 e.